The normalized spacial score (nSPS) is 18.7. The first-order valence-electron chi connectivity index (χ1n) is 11.3. The van der Waals surface area contributed by atoms with Gasteiger partial charge in [-0.1, -0.05) is 61.5 Å². The van der Waals surface area contributed by atoms with Gasteiger partial charge < -0.3 is 0 Å². The van der Waals surface area contributed by atoms with Gasteiger partial charge in [-0.15, -0.1) is 0 Å². The average Bonchev–Trinajstić information content (AvgIpc) is 3.08. The van der Waals surface area contributed by atoms with Crippen molar-refractivity contribution in [3.63, 3.8) is 0 Å². The van der Waals surface area contributed by atoms with Crippen LogP contribution in [0.1, 0.15) is 44.3 Å². The molecule has 2 aliphatic rings. The van der Waals surface area contributed by atoms with Crippen LogP contribution in [0.5, 0.6) is 0 Å². The van der Waals surface area contributed by atoms with E-state index < -0.39 is 5.54 Å². The summed E-state index contributed by atoms with van der Waals surface area (Å²) in [6, 6.07) is 19.4. The molecular weight excluding hydrogens is 398 g/mol. The second-order valence-corrected chi connectivity index (χ2v) is 8.54. The van der Waals surface area contributed by atoms with Gasteiger partial charge in [0.1, 0.15) is 0 Å². The lowest BCUT2D eigenvalue weighted by molar-refractivity contribution is 0.0278. The van der Waals surface area contributed by atoms with E-state index in [0.717, 1.165) is 26.1 Å². The Balaban J connectivity index is 1.44. The molecule has 0 atom stereocenters. The number of pyridine rings is 1. The lowest BCUT2D eigenvalue weighted by atomic mass is 9.83. The minimum atomic E-state index is -1.31. The molecule has 1 fully saturated rings. The van der Waals surface area contributed by atoms with Crippen molar-refractivity contribution in [2.45, 2.75) is 25.4 Å². The predicted molar refractivity (Wildman–Crippen MR) is 124 cm³/mol. The summed E-state index contributed by atoms with van der Waals surface area (Å²) in [6.07, 6.45) is 4.37. The summed E-state index contributed by atoms with van der Waals surface area (Å²) >= 11 is 0. The molecule has 2 heterocycles. The van der Waals surface area contributed by atoms with Gasteiger partial charge >= 0.3 is 0 Å². The van der Waals surface area contributed by atoms with Crippen molar-refractivity contribution in [1.29, 1.82) is 0 Å². The standard InChI is InChI=1S/C27H27N3O2/c1-2-20-8-3-4-9-21(20)19-29-14-16-30(17-15-29)27(22-10-7-13-28-18-22)25(31)23-11-5-6-12-24(23)26(27)32/h3-13,18H,2,14-17,19H2,1H3. The first-order chi connectivity index (χ1) is 15.7. The molecule has 0 spiro atoms. The lowest BCUT2D eigenvalue weighted by Crippen LogP contribution is -2.60. The van der Waals surface area contributed by atoms with Crippen molar-refractivity contribution >= 4 is 11.6 Å². The third-order valence-corrected chi connectivity index (χ3v) is 6.89. The second kappa shape index (κ2) is 8.41. The molecule has 5 rings (SSSR count). The molecule has 1 aliphatic carbocycles. The van der Waals surface area contributed by atoms with Gasteiger partial charge in [-0.05, 0) is 23.6 Å². The van der Waals surface area contributed by atoms with Crippen molar-refractivity contribution in [2.24, 2.45) is 0 Å². The number of rotatable bonds is 5. The quantitative estimate of drug-likeness (QED) is 0.583. The molecular formula is C27H27N3O2. The fraction of sp³-hybridized carbons (Fsp3) is 0.296. The van der Waals surface area contributed by atoms with Gasteiger partial charge in [0.15, 0.2) is 17.1 Å². The number of carbonyl (C=O) groups is 2. The summed E-state index contributed by atoms with van der Waals surface area (Å²) in [5.74, 6) is -0.258. The van der Waals surface area contributed by atoms with Crippen LogP contribution < -0.4 is 0 Å². The van der Waals surface area contributed by atoms with Crippen molar-refractivity contribution in [3.05, 3.63) is 101 Å². The highest BCUT2D eigenvalue weighted by Crippen LogP contribution is 2.42. The first-order valence-corrected chi connectivity index (χ1v) is 11.3. The Labute approximate surface area is 188 Å². The van der Waals surface area contributed by atoms with Gasteiger partial charge in [0.2, 0.25) is 0 Å². The van der Waals surface area contributed by atoms with Gasteiger partial charge in [-0.25, -0.2) is 0 Å². The molecule has 162 valence electrons. The Morgan fingerprint density at radius 1 is 0.812 bits per heavy atom. The number of piperazine rings is 1. The molecule has 0 bridgehead atoms. The SMILES string of the molecule is CCc1ccccc1CN1CCN(C2(c3cccnc3)C(=O)c3ccccc3C2=O)CC1. The number of nitrogens with zero attached hydrogens (tertiary/aromatic N) is 3. The first kappa shape index (κ1) is 20.7. The summed E-state index contributed by atoms with van der Waals surface area (Å²) in [7, 11) is 0. The van der Waals surface area contributed by atoms with Crippen LogP contribution in [0, 0.1) is 0 Å². The minimum absolute atomic E-state index is 0.129. The topological polar surface area (TPSA) is 53.5 Å². The number of Topliss-reactive ketones (excluding diaryl/α,β-unsaturated/α-hetero) is 2. The summed E-state index contributed by atoms with van der Waals surface area (Å²) in [5, 5.41) is 0. The summed E-state index contributed by atoms with van der Waals surface area (Å²) < 4.78 is 0. The van der Waals surface area contributed by atoms with E-state index in [9.17, 15) is 9.59 Å². The van der Waals surface area contributed by atoms with E-state index in [1.54, 1.807) is 30.6 Å². The summed E-state index contributed by atoms with van der Waals surface area (Å²) in [5.41, 5.74) is 3.10. The molecule has 3 aromatic rings. The molecule has 5 heteroatoms. The van der Waals surface area contributed by atoms with Gasteiger partial charge in [-0.3, -0.25) is 24.4 Å². The van der Waals surface area contributed by atoms with Gasteiger partial charge in [-0.2, -0.15) is 0 Å². The van der Waals surface area contributed by atoms with Crippen molar-refractivity contribution < 1.29 is 9.59 Å². The Morgan fingerprint density at radius 2 is 1.44 bits per heavy atom. The van der Waals surface area contributed by atoms with Crippen LogP contribution in [0.15, 0.2) is 73.1 Å². The number of fused-ring (bicyclic) bond motifs is 1. The molecule has 0 amide bonds. The molecule has 0 N–H and O–H groups in total. The maximum atomic E-state index is 13.8. The van der Waals surface area contributed by atoms with Crippen molar-refractivity contribution in [3.8, 4) is 0 Å². The number of aryl methyl sites for hydroxylation is 1. The number of aromatic nitrogens is 1. The molecule has 2 aromatic carbocycles. The van der Waals surface area contributed by atoms with E-state index in [4.69, 9.17) is 0 Å². The fourth-order valence-corrected chi connectivity index (χ4v) is 5.22. The van der Waals surface area contributed by atoms with Crippen LogP contribution in [-0.4, -0.2) is 52.5 Å². The van der Waals surface area contributed by atoms with Crippen LogP contribution >= 0.6 is 0 Å². The van der Waals surface area contributed by atoms with E-state index in [-0.39, 0.29) is 11.6 Å². The molecule has 0 saturated carbocycles. The largest absolute Gasteiger partial charge is 0.297 e. The monoisotopic (exact) mass is 425 g/mol. The van der Waals surface area contributed by atoms with Gasteiger partial charge in [0, 0.05) is 61.8 Å². The van der Waals surface area contributed by atoms with E-state index in [2.05, 4.69) is 46.0 Å². The molecule has 5 nitrogen and oxygen atoms in total. The van der Waals surface area contributed by atoms with Crippen molar-refractivity contribution in [2.75, 3.05) is 26.2 Å². The zero-order valence-electron chi connectivity index (χ0n) is 18.3. The number of benzene rings is 2. The maximum absolute atomic E-state index is 13.8. The number of carbonyl (C=O) groups excluding carboxylic acids is 2. The van der Waals surface area contributed by atoms with Crippen LogP contribution in [0.25, 0.3) is 0 Å². The minimum Gasteiger partial charge on any atom is -0.297 e. The Kier molecular flexibility index (Phi) is 5.45. The zero-order valence-corrected chi connectivity index (χ0v) is 18.3. The number of ketones is 2. The average molecular weight is 426 g/mol. The second-order valence-electron chi connectivity index (χ2n) is 8.54. The van der Waals surface area contributed by atoms with Crippen LogP contribution in [0.3, 0.4) is 0 Å². The van der Waals surface area contributed by atoms with Gasteiger partial charge in [0.05, 0.1) is 0 Å². The van der Waals surface area contributed by atoms with E-state index in [0.29, 0.717) is 29.8 Å². The molecule has 0 radical (unpaired) electrons. The van der Waals surface area contributed by atoms with E-state index >= 15 is 0 Å². The lowest BCUT2D eigenvalue weighted by Gasteiger charge is -2.44. The summed E-state index contributed by atoms with van der Waals surface area (Å²) in [4.78, 5) is 36.3. The van der Waals surface area contributed by atoms with E-state index in [1.165, 1.54) is 11.1 Å². The highest BCUT2D eigenvalue weighted by atomic mass is 16.2. The van der Waals surface area contributed by atoms with E-state index in [1.807, 2.05) is 18.2 Å². The van der Waals surface area contributed by atoms with Gasteiger partial charge in [0.25, 0.3) is 0 Å². The molecule has 32 heavy (non-hydrogen) atoms. The Morgan fingerprint density at radius 3 is 2.03 bits per heavy atom. The maximum Gasteiger partial charge on any atom is 0.196 e. The van der Waals surface area contributed by atoms with Crippen LogP contribution in [0.4, 0.5) is 0 Å². The van der Waals surface area contributed by atoms with Crippen LogP contribution in [0.2, 0.25) is 0 Å². The zero-order chi connectivity index (χ0) is 22.1. The molecule has 0 unspecified atom stereocenters. The third-order valence-electron chi connectivity index (χ3n) is 6.89. The molecule has 1 aromatic heterocycles. The number of hydrogen-bond acceptors (Lipinski definition) is 5. The van der Waals surface area contributed by atoms with Crippen molar-refractivity contribution in [1.82, 2.24) is 14.8 Å². The fourth-order valence-electron chi connectivity index (χ4n) is 5.22. The molecule has 1 aliphatic heterocycles. The summed E-state index contributed by atoms with van der Waals surface area (Å²) in [6.45, 7) is 5.97. The Bertz CT molecular complexity index is 1120. The third kappa shape index (κ3) is 3.20. The highest BCUT2D eigenvalue weighted by molar-refractivity contribution is 6.32. The smallest absolute Gasteiger partial charge is 0.196 e. The predicted octanol–water partition coefficient (Wildman–Crippen LogP) is 3.74. The Hall–Kier alpha value is -3.15. The van der Waals surface area contributed by atoms with Crippen LogP contribution in [-0.2, 0) is 18.5 Å². The molecule has 1 saturated heterocycles. The highest BCUT2D eigenvalue weighted by Gasteiger charge is 2.58. The number of hydrogen-bond donors (Lipinski definition) is 0.